The lowest BCUT2D eigenvalue weighted by atomic mass is 10.1. The summed E-state index contributed by atoms with van der Waals surface area (Å²) < 4.78 is 24.7. The Bertz CT molecular complexity index is 1220. The number of fused-ring (bicyclic) bond motifs is 1. The van der Waals surface area contributed by atoms with Crippen molar-refractivity contribution >= 4 is 21.4 Å². The van der Waals surface area contributed by atoms with Gasteiger partial charge in [-0.2, -0.15) is 0 Å². The largest absolute Gasteiger partial charge is 0.350 e. The van der Waals surface area contributed by atoms with Crippen LogP contribution in [0, 0.1) is 13.8 Å². The van der Waals surface area contributed by atoms with Crippen molar-refractivity contribution in [3.05, 3.63) is 63.2 Å². The minimum absolute atomic E-state index is 0.121. The number of carbonyl (C=O) groups excluding carboxylic acids is 1. The number of benzene rings is 1. The molecule has 0 saturated heterocycles. The van der Waals surface area contributed by atoms with E-state index in [0.717, 1.165) is 28.8 Å². The number of rotatable bonds is 6. The van der Waals surface area contributed by atoms with Gasteiger partial charge in [0.1, 0.15) is 0 Å². The second kappa shape index (κ2) is 7.82. The number of aromatic nitrogens is 3. The maximum atomic E-state index is 12.4. The first-order chi connectivity index (χ1) is 13.6. The zero-order chi connectivity index (χ0) is 21.3. The fraction of sp³-hybridized carbons (Fsp3) is 0.350. The molecule has 3 aromatic rings. The third-order valence-electron chi connectivity index (χ3n) is 4.99. The summed E-state index contributed by atoms with van der Waals surface area (Å²) in [5.74, 6) is -0.121. The predicted octanol–water partition coefficient (Wildman–Crippen LogP) is 1.85. The fourth-order valence-electron chi connectivity index (χ4n) is 3.36. The highest BCUT2D eigenvalue weighted by molar-refractivity contribution is 7.90. The smallest absolute Gasteiger partial charge is 0.266 e. The Balaban J connectivity index is 1.67. The summed E-state index contributed by atoms with van der Waals surface area (Å²) in [6, 6.07) is 7.68. The van der Waals surface area contributed by atoms with E-state index in [-0.39, 0.29) is 28.8 Å². The Morgan fingerprint density at radius 3 is 2.52 bits per heavy atom. The van der Waals surface area contributed by atoms with Crippen molar-refractivity contribution in [1.82, 2.24) is 19.9 Å². The highest BCUT2D eigenvalue weighted by atomic mass is 32.2. The first-order valence-electron chi connectivity index (χ1n) is 9.23. The summed E-state index contributed by atoms with van der Waals surface area (Å²) in [5, 5.41) is 5.64. The molecule has 0 radical (unpaired) electrons. The van der Waals surface area contributed by atoms with Gasteiger partial charge in [0, 0.05) is 30.1 Å². The van der Waals surface area contributed by atoms with Crippen LogP contribution in [0.2, 0.25) is 0 Å². The third-order valence-corrected chi connectivity index (χ3v) is 6.12. The van der Waals surface area contributed by atoms with Crippen LogP contribution in [0.15, 0.2) is 40.0 Å². The van der Waals surface area contributed by atoms with Crippen LogP contribution in [-0.2, 0) is 21.1 Å². The first-order valence-corrected chi connectivity index (χ1v) is 11.1. The number of hydrogen-bond donors (Lipinski definition) is 2. The molecule has 0 bridgehead atoms. The minimum atomic E-state index is -3.25. The lowest BCUT2D eigenvalue weighted by Gasteiger charge is -2.16. The van der Waals surface area contributed by atoms with Crippen molar-refractivity contribution in [2.45, 2.75) is 44.6 Å². The Kier molecular flexibility index (Phi) is 5.61. The molecule has 0 unspecified atom stereocenters. The summed E-state index contributed by atoms with van der Waals surface area (Å²) in [7, 11) is -3.25. The number of hydrogen-bond acceptors (Lipinski definition) is 5. The van der Waals surface area contributed by atoms with Gasteiger partial charge in [-0.05, 0) is 50.5 Å². The van der Waals surface area contributed by atoms with E-state index >= 15 is 0 Å². The molecule has 1 atom stereocenters. The lowest BCUT2D eigenvalue weighted by molar-refractivity contribution is -0.121. The van der Waals surface area contributed by atoms with Crippen LogP contribution in [0.25, 0.3) is 5.65 Å². The molecule has 0 fully saturated rings. The quantitative estimate of drug-likeness (QED) is 0.637. The Morgan fingerprint density at radius 1 is 1.24 bits per heavy atom. The molecule has 2 aromatic heterocycles. The van der Waals surface area contributed by atoms with Crippen LogP contribution < -0.4 is 10.9 Å². The maximum Gasteiger partial charge on any atom is 0.266 e. The summed E-state index contributed by atoms with van der Waals surface area (Å²) in [6.07, 6.45) is 1.92. The molecule has 29 heavy (non-hydrogen) atoms. The van der Waals surface area contributed by atoms with Crippen molar-refractivity contribution in [3.8, 4) is 0 Å². The van der Waals surface area contributed by atoms with Gasteiger partial charge in [0.15, 0.2) is 15.5 Å². The molecular weight excluding hydrogens is 392 g/mol. The zero-order valence-corrected chi connectivity index (χ0v) is 17.6. The van der Waals surface area contributed by atoms with Crippen LogP contribution in [0.3, 0.4) is 0 Å². The normalized spacial score (nSPS) is 12.8. The van der Waals surface area contributed by atoms with Gasteiger partial charge < -0.3 is 5.32 Å². The predicted molar refractivity (Wildman–Crippen MR) is 110 cm³/mol. The second-order valence-corrected chi connectivity index (χ2v) is 9.22. The minimum Gasteiger partial charge on any atom is -0.350 e. The molecule has 3 rings (SSSR count). The van der Waals surface area contributed by atoms with Gasteiger partial charge in [-0.1, -0.05) is 12.1 Å². The Hall–Kier alpha value is -2.94. The van der Waals surface area contributed by atoms with Gasteiger partial charge >= 0.3 is 0 Å². The van der Waals surface area contributed by atoms with Crippen LogP contribution in [0.1, 0.15) is 41.9 Å². The lowest BCUT2D eigenvalue weighted by Crippen LogP contribution is -2.27. The summed E-state index contributed by atoms with van der Waals surface area (Å²) >= 11 is 0. The van der Waals surface area contributed by atoms with E-state index in [9.17, 15) is 18.0 Å². The van der Waals surface area contributed by atoms with Gasteiger partial charge in [-0.3, -0.25) is 14.7 Å². The summed E-state index contributed by atoms with van der Waals surface area (Å²) in [5.41, 5.74) is 3.73. The molecule has 1 amide bonds. The summed E-state index contributed by atoms with van der Waals surface area (Å²) in [4.78, 5) is 28.6. The molecule has 1 aromatic carbocycles. The molecule has 0 saturated carbocycles. The number of nitrogens with one attached hydrogen (secondary N) is 2. The number of H-pyrrole nitrogens is 1. The van der Waals surface area contributed by atoms with Crippen molar-refractivity contribution in [2.75, 3.05) is 6.26 Å². The molecule has 0 spiro atoms. The van der Waals surface area contributed by atoms with Gasteiger partial charge in [-0.25, -0.2) is 17.9 Å². The van der Waals surface area contributed by atoms with Gasteiger partial charge in [0.2, 0.25) is 5.91 Å². The van der Waals surface area contributed by atoms with Crippen molar-refractivity contribution in [2.24, 2.45) is 0 Å². The highest BCUT2D eigenvalue weighted by Gasteiger charge is 2.15. The zero-order valence-electron chi connectivity index (χ0n) is 16.8. The van der Waals surface area contributed by atoms with E-state index in [1.807, 2.05) is 20.8 Å². The molecular formula is C20H24N4O4S. The average molecular weight is 417 g/mol. The number of aryl methyl sites for hydroxylation is 2. The molecule has 8 nitrogen and oxygen atoms in total. The fourth-order valence-corrected chi connectivity index (χ4v) is 3.99. The maximum absolute atomic E-state index is 12.4. The van der Waals surface area contributed by atoms with E-state index in [2.05, 4.69) is 15.4 Å². The van der Waals surface area contributed by atoms with E-state index in [4.69, 9.17) is 0 Å². The first kappa shape index (κ1) is 20.8. The second-order valence-electron chi connectivity index (χ2n) is 7.21. The topological polar surface area (TPSA) is 113 Å². The number of amides is 1. The number of nitrogens with zero attached hydrogens (tertiary/aromatic N) is 2. The van der Waals surface area contributed by atoms with E-state index < -0.39 is 9.84 Å². The monoisotopic (exact) mass is 416 g/mol. The van der Waals surface area contributed by atoms with E-state index in [0.29, 0.717) is 12.1 Å². The van der Waals surface area contributed by atoms with Crippen LogP contribution >= 0.6 is 0 Å². The number of carbonyl (C=O) groups is 1. The molecule has 0 aliphatic carbocycles. The number of aromatic amines is 1. The van der Waals surface area contributed by atoms with Crippen molar-refractivity contribution in [3.63, 3.8) is 0 Å². The SMILES string of the molecule is Cc1nc2cc(=O)[nH]n2c(C)c1CCC(=O)N[C@H](C)c1ccc(S(C)(=O)=O)cc1. The molecule has 0 aliphatic rings. The molecule has 9 heteroatoms. The molecule has 0 aliphatic heterocycles. The van der Waals surface area contributed by atoms with Crippen LogP contribution in [0.4, 0.5) is 0 Å². The molecule has 2 N–H and O–H groups in total. The Labute approximate surface area is 168 Å². The molecule has 2 heterocycles. The van der Waals surface area contributed by atoms with E-state index in [1.54, 1.807) is 28.8 Å². The van der Waals surface area contributed by atoms with Gasteiger partial charge in [0.05, 0.1) is 10.9 Å². The van der Waals surface area contributed by atoms with Gasteiger partial charge in [0.25, 0.3) is 5.56 Å². The Morgan fingerprint density at radius 2 is 1.90 bits per heavy atom. The third kappa shape index (κ3) is 4.56. The van der Waals surface area contributed by atoms with E-state index in [1.165, 1.54) is 6.07 Å². The van der Waals surface area contributed by atoms with Crippen LogP contribution in [0.5, 0.6) is 0 Å². The summed E-state index contributed by atoms with van der Waals surface area (Å²) in [6.45, 7) is 5.60. The van der Waals surface area contributed by atoms with Crippen molar-refractivity contribution in [1.29, 1.82) is 0 Å². The number of sulfone groups is 1. The molecule has 154 valence electrons. The highest BCUT2D eigenvalue weighted by Crippen LogP contribution is 2.18. The van der Waals surface area contributed by atoms with Gasteiger partial charge in [-0.15, -0.1) is 0 Å². The van der Waals surface area contributed by atoms with Crippen molar-refractivity contribution < 1.29 is 13.2 Å². The standard InChI is InChI=1S/C20H24N4O4S/c1-12(15-5-7-16(8-6-15)29(4,27)28)22-19(25)10-9-17-13(2)21-18-11-20(26)23-24(18)14(17)3/h5-8,11-12H,9-10H2,1-4H3,(H,22,25)(H,23,26)/t12-/m1/s1. The average Bonchev–Trinajstić information content (AvgIpc) is 3.01. The van der Waals surface area contributed by atoms with Crippen LogP contribution in [-0.4, -0.2) is 35.2 Å².